The highest BCUT2D eigenvalue weighted by Gasteiger charge is 2.59. The molecule has 0 bridgehead atoms. The van der Waals surface area contributed by atoms with Crippen molar-refractivity contribution >= 4 is 15.2 Å². The van der Waals surface area contributed by atoms with Gasteiger partial charge < -0.3 is 29.2 Å². The summed E-state index contributed by atoms with van der Waals surface area (Å²) in [4.78, 5) is 39.2. The van der Waals surface area contributed by atoms with Gasteiger partial charge in [-0.3, -0.25) is 9.13 Å². The Morgan fingerprint density at radius 1 is 1.29 bits per heavy atom. The lowest BCUT2D eigenvalue weighted by atomic mass is 10.5. The topological polar surface area (TPSA) is 153 Å². The van der Waals surface area contributed by atoms with Gasteiger partial charge in [-0.2, -0.15) is 0 Å². The molecule has 0 saturated heterocycles. The minimum atomic E-state index is -5.42. The summed E-state index contributed by atoms with van der Waals surface area (Å²) in [7, 11) is -10.8. The Bertz CT molecular complexity index is 478. The molecule has 0 spiro atoms. The van der Waals surface area contributed by atoms with E-state index in [2.05, 4.69) is 4.98 Å². The molecule has 1 heterocycles. The van der Waals surface area contributed by atoms with Gasteiger partial charge in [-0.15, -0.1) is 0 Å². The Morgan fingerprint density at radius 3 is 2.06 bits per heavy atom. The third-order valence-electron chi connectivity index (χ3n) is 2.09. The molecule has 9 nitrogen and oxygen atoms in total. The van der Waals surface area contributed by atoms with Gasteiger partial charge in [0.15, 0.2) is 0 Å². The molecule has 1 aromatic heterocycles. The van der Waals surface area contributed by atoms with Gasteiger partial charge in [0, 0.05) is 6.20 Å². The lowest BCUT2D eigenvalue weighted by Crippen LogP contribution is -2.33. The fourth-order valence-corrected chi connectivity index (χ4v) is 3.21. The van der Waals surface area contributed by atoms with Crippen LogP contribution in [0.4, 0.5) is 0 Å². The van der Waals surface area contributed by atoms with E-state index in [-0.39, 0.29) is 0 Å². The number of nitrogens with zero attached hydrogens (tertiary/aromatic N) is 2. The van der Waals surface area contributed by atoms with E-state index in [1.165, 1.54) is 6.20 Å². The van der Waals surface area contributed by atoms with Crippen LogP contribution in [0.5, 0.6) is 0 Å². The van der Waals surface area contributed by atoms with Gasteiger partial charge in [0.25, 0.3) is 5.08 Å². The fraction of sp³-hybridized carbons (Fsp3) is 0.500. The van der Waals surface area contributed by atoms with Crippen molar-refractivity contribution in [2.24, 2.45) is 0 Å². The SMILES string of the molecule is Cc1cn(CC(O)(P(=O)(O)O)P(=O)(O)O)cn1. The van der Waals surface area contributed by atoms with Crippen LogP contribution in [0, 0.1) is 6.92 Å². The first-order valence-electron chi connectivity index (χ1n) is 4.29. The summed E-state index contributed by atoms with van der Waals surface area (Å²) in [6.07, 6.45) is 2.39. The Morgan fingerprint density at radius 2 is 1.76 bits per heavy atom. The maximum Gasteiger partial charge on any atom is 0.371 e. The van der Waals surface area contributed by atoms with Gasteiger partial charge in [-0.1, -0.05) is 0 Å². The number of aromatic nitrogens is 2. The second-order valence-electron chi connectivity index (χ2n) is 3.55. The monoisotopic (exact) mass is 286 g/mol. The van der Waals surface area contributed by atoms with Crippen molar-refractivity contribution in [2.75, 3.05) is 0 Å². The zero-order chi connectivity index (χ0) is 13.5. The summed E-state index contributed by atoms with van der Waals surface area (Å²) in [5, 5.41) is 6.12. The zero-order valence-electron chi connectivity index (χ0n) is 8.70. The summed E-state index contributed by atoms with van der Waals surface area (Å²) < 4.78 is 23.1. The molecule has 17 heavy (non-hydrogen) atoms. The molecule has 11 heteroatoms. The Kier molecular flexibility index (Phi) is 3.67. The first kappa shape index (κ1) is 14.5. The molecule has 0 amide bonds. The molecule has 1 aromatic rings. The van der Waals surface area contributed by atoms with Crippen molar-refractivity contribution in [3.8, 4) is 0 Å². The van der Waals surface area contributed by atoms with Crippen LogP contribution in [0.2, 0.25) is 0 Å². The molecule has 0 fully saturated rings. The molecule has 0 saturated carbocycles. The van der Waals surface area contributed by atoms with Crippen LogP contribution in [-0.2, 0) is 15.7 Å². The second kappa shape index (κ2) is 4.29. The second-order valence-corrected chi connectivity index (χ2v) is 7.56. The first-order valence-corrected chi connectivity index (χ1v) is 7.52. The number of imidazole rings is 1. The Labute approximate surface area is 96.1 Å². The highest BCUT2D eigenvalue weighted by atomic mass is 31.2. The number of rotatable bonds is 4. The molecule has 5 N–H and O–H groups in total. The summed E-state index contributed by atoms with van der Waals surface area (Å²) in [5.41, 5.74) is 0.476. The van der Waals surface area contributed by atoms with Crippen LogP contribution in [-0.4, -0.2) is 39.3 Å². The van der Waals surface area contributed by atoms with E-state index in [4.69, 9.17) is 19.6 Å². The highest BCUT2D eigenvalue weighted by Crippen LogP contribution is 2.67. The van der Waals surface area contributed by atoms with E-state index < -0.39 is 26.8 Å². The maximum atomic E-state index is 11.0. The normalized spacial score (nSPS) is 14.0. The molecule has 98 valence electrons. The number of hydrogen-bond donors (Lipinski definition) is 5. The van der Waals surface area contributed by atoms with E-state index in [1.54, 1.807) is 6.92 Å². The molecular formula is C6H12N2O7P2. The van der Waals surface area contributed by atoms with Crippen LogP contribution in [0.3, 0.4) is 0 Å². The van der Waals surface area contributed by atoms with Gasteiger partial charge >= 0.3 is 15.2 Å². The molecule has 0 radical (unpaired) electrons. The van der Waals surface area contributed by atoms with Gasteiger partial charge in [0.1, 0.15) is 0 Å². The molecule has 0 atom stereocenters. The van der Waals surface area contributed by atoms with Crippen LogP contribution in [0.15, 0.2) is 12.5 Å². The largest absolute Gasteiger partial charge is 0.371 e. The molecule has 0 aliphatic heterocycles. The van der Waals surface area contributed by atoms with Crippen LogP contribution in [0.25, 0.3) is 0 Å². The van der Waals surface area contributed by atoms with Crippen molar-refractivity contribution in [2.45, 2.75) is 18.6 Å². The van der Waals surface area contributed by atoms with E-state index in [0.717, 1.165) is 10.9 Å². The lowest BCUT2D eigenvalue weighted by Gasteiger charge is -2.29. The van der Waals surface area contributed by atoms with E-state index in [9.17, 15) is 14.2 Å². The predicted molar refractivity (Wildman–Crippen MR) is 56.0 cm³/mol. The maximum absolute atomic E-state index is 11.0. The van der Waals surface area contributed by atoms with E-state index in [1.807, 2.05) is 0 Å². The average molecular weight is 286 g/mol. The van der Waals surface area contributed by atoms with Crippen molar-refractivity contribution in [3.63, 3.8) is 0 Å². The fourth-order valence-electron chi connectivity index (χ4n) is 1.16. The smallest absolute Gasteiger partial charge is 0.366 e. The summed E-state index contributed by atoms with van der Waals surface area (Å²) in [6.45, 7) is 0.618. The zero-order valence-corrected chi connectivity index (χ0v) is 10.5. The quantitative estimate of drug-likeness (QED) is 0.450. The van der Waals surface area contributed by atoms with Crippen molar-refractivity contribution in [1.82, 2.24) is 9.55 Å². The average Bonchev–Trinajstić information content (AvgIpc) is 2.47. The van der Waals surface area contributed by atoms with E-state index in [0.29, 0.717) is 5.69 Å². The standard InChI is InChI=1S/C6H12N2O7P2/c1-5-2-8(4-7-5)3-6(9,16(10,11)12)17(13,14)15/h2,4,9H,3H2,1H3,(H2,10,11,12)(H2,13,14,15). The van der Waals surface area contributed by atoms with E-state index >= 15 is 0 Å². The van der Waals surface area contributed by atoms with Crippen molar-refractivity contribution in [1.29, 1.82) is 0 Å². The van der Waals surface area contributed by atoms with Gasteiger partial charge in [0.2, 0.25) is 0 Å². The Balaban J connectivity index is 3.19. The molecule has 0 aliphatic rings. The first-order chi connectivity index (χ1) is 7.47. The summed E-state index contributed by atoms with van der Waals surface area (Å²) in [6, 6.07) is 0. The highest BCUT2D eigenvalue weighted by molar-refractivity contribution is 7.72. The van der Waals surface area contributed by atoms with Gasteiger partial charge in [-0.05, 0) is 6.92 Å². The van der Waals surface area contributed by atoms with Crippen LogP contribution >= 0.6 is 15.2 Å². The van der Waals surface area contributed by atoms with Crippen LogP contribution < -0.4 is 0 Å². The third-order valence-corrected chi connectivity index (χ3v) is 5.80. The predicted octanol–water partition coefficient (Wildman–Crippen LogP) is -0.807. The lowest BCUT2D eigenvalue weighted by molar-refractivity contribution is 0.115. The van der Waals surface area contributed by atoms with Crippen molar-refractivity contribution in [3.05, 3.63) is 18.2 Å². The van der Waals surface area contributed by atoms with Crippen LogP contribution in [0.1, 0.15) is 5.69 Å². The third kappa shape index (κ3) is 2.83. The molecule has 0 aromatic carbocycles. The molecule has 0 aliphatic carbocycles. The number of aliphatic hydroxyl groups is 1. The Hall–Kier alpha value is -0.530. The number of hydrogen-bond acceptors (Lipinski definition) is 4. The minimum Gasteiger partial charge on any atom is -0.366 e. The van der Waals surface area contributed by atoms with Crippen molar-refractivity contribution < 1.29 is 33.8 Å². The minimum absolute atomic E-state index is 0.476. The van der Waals surface area contributed by atoms with Gasteiger partial charge in [-0.25, -0.2) is 4.98 Å². The molecule has 0 unspecified atom stereocenters. The summed E-state index contributed by atoms with van der Waals surface area (Å²) in [5.74, 6) is 0. The molecular weight excluding hydrogens is 274 g/mol. The molecule has 1 rings (SSSR count). The summed E-state index contributed by atoms with van der Waals surface area (Å²) >= 11 is 0. The van der Waals surface area contributed by atoms with Gasteiger partial charge in [0.05, 0.1) is 18.6 Å². The number of aryl methyl sites for hydroxylation is 1.